The quantitative estimate of drug-likeness (QED) is 0.582. The van der Waals surface area contributed by atoms with Gasteiger partial charge in [-0.3, -0.25) is 4.79 Å². The molecule has 0 fully saturated rings. The third-order valence-electron chi connectivity index (χ3n) is 3.85. The number of methoxy groups -OCH3 is 1. The topological polar surface area (TPSA) is 61.2 Å². The van der Waals surface area contributed by atoms with Crippen LogP contribution in [0.4, 0.5) is 0 Å². The normalized spacial score (nSPS) is 10.6. The minimum atomic E-state index is -0.354. The summed E-state index contributed by atoms with van der Waals surface area (Å²) >= 11 is 0. The van der Waals surface area contributed by atoms with Crippen LogP contribution in [-0.4, -0.2) is 28.9 Å². The Morgan fingerprint density at radius 3 is 2.57 bits per heavy atom. The van der Waals surface area contributed by atoms with E-state index in [2.05, 4.69) is 11.9 Å². The van der Waals surface area contributed by atoms with Crippen LogP contribution >= 0.6 is 0 Å². The minimum Gasteiger partial charge on any atom is -0.465 e. The number of rotatable bonds is 7. The fourth-order valence-electron chi connectivity index (χ4n) is 2.54. The molecule has 2 rings (SSSR count). The van der Waals surface area contributed by atoms with Crippen LogP contribution in [0, 0.1) is 6.92 Å². The van der Waals surface area contributed by atoms with Gasteiger partial charge < -0.3 is 9.30 Å². The maximum atomic E-state index is 11.5. The zero-order valence-corrected chi connectivity index (χ0v) is 13.8. The predicted molar refractivity (Wildman–Crippen MR) is 87.8 cm³/mol. The highest BCUT2D eigenvalue weighted by atomic mass is 16.5. The molecule has 0 aliphatic heterocycles. The smallest absolute Gasteiger partial charge is 0.337 e. The fourth-order valence-corrected chi connectivity index (χ4v) is 2.54. The van der Waals surface area contributed by atoms with E-state index in [1.165, 1.54) is 7.11 Å². The predicted octanol–water partition coefficient (Wildman–Crippen LogP) is 3.18. The number of imidazole rings is 1. The average molecular weight is 314 g/mol. The van der Waals surface area contributed by atoms with Crippen molar-refractivity contribution in [2.75, 3.05) is 7.11 Å². The Morgan fingerprint density at radius 1 is 1.30 bits per heavy atom. The summed E-state index contributed by atoms with van der Waals surface area (Å²) in [6.07, 6.45) is 3.83. The number of esters is 1. The molecule has 0 unspecified atom stereocenters. The molecular weight excluding hydrogens is 292 g/mol. The van der Waals surface area contributed by atoms with E-state index in [0.717, 1.165) is 42.6 Å². The molecule has 0 aliphatic carbocycles. The monoisotopic (exact) mass is 314 g/mol. The molecule has 2 aromatic rings. The van der Waals surface area contributed by atoms with Crippen molar-refractivity contribution in [1.29, 1.82) is 0 Å². The van der Waals surface area contributed by atoms with Crippen LogP contribution in [0.2, 0.25) is 0 Å². The van der Waals surface area contributed by atoms with Crippen molar-refractivity contribution in [2.24, 2.45) is 0 Å². The van der Waals surface area contributed by atoms with Crippen LogP contribution in [0.5, 0.6) is 0 Å². The Hall–Kier alpha value is -2.43. The van der Waals surface area contributed by atoms with Gasteiger partial charge in [-0.2, -0.15) is 0 Å². The number of carbonyl (C=O) groups excluding carboxylic acids is 2. The highest BCUT2D eigenvalue weighted by Gasteiger charge is 2.14. The summed E-state index contributed by atoms with van der Waals surface area (Å²) in [5, 5.41) is 0. The van der Waals surface area contributed by atoms with Crippen LogP contribution in [0.25, 0.3) is 0 Å². The number of benzene rings is 1. The van der Waals surface area contributed by atoms with Crippen molar-refractivity contribution in [1.82, 2.24) is 9.55 Å². The molecule has 1 aromatic heterocycles. The van der Waals surface area contributed by atoms with Crippen molar-refractivity contribution in [2.45, 2.75) is 39.7 Å². The lowest BCUT2D eigenvalue weighted by molar-refractivity contribution is 0.0600. The summed E-state index contributed by atoms with van der Waals surface area (Å²) < 4.78 is 6.66. The highest BCUT2D eigenvalue weighted by molar-refractivity contribution is 5.89. The molecule has 0 bridgehead atoms. The Labute approximate surface area is 136 Å². The third kappa shape index (κ3) is 3.86. The van der Waals surface area contributed by atoms with E-state index in [0.29, 0.717) is 17.8 Å². The molecule has 0 radical (unpaired) electrons. The van der Waals surface area contributed by atoms with Crippen molar-refractivity contribution < 1.29 is 14.3 Å². The van der Waals surface area contributed by atoms with Gasteiger partial charge in [0.05, 0.1) is 18.4 Å². The number of carbonyl (C=O) groups is 2. The first-order valence-corrected chi connectivity index (χ1v) is 7.79. The molecule has 0 amide bonds. The van der Waals surface area contributed by atoms with Gasteiger partial charge in [-0.25, -0.2) is 9.78 Å². The van der Waals surface area contributed by atoms with Gasteiger partial charge in [0.1, 0.15) is 11.5 Å². The first kappa shape index (κ1) is 16.9. The van der Waals surface area contributed by atoms with E-state index >= 15 is 0 Å². The van der Waals surface area contributed by atoms with Gasteiger partial charge in [0.15, 0.2) is 6.29 Å². The SMILES string of the molecule is CCCCc1nc(C)c(C=O)n1Cc1ccc(C(=O)OC)cc1. The number of aryl methyl sites for hydroxylation is 2. The molecule has 0 spiro atoms. The average Bonchev–Trinajstić information content (AvgIpc) is 2.87. The number of unbranched alkanes of at least 4 members (excludes halogenated alkanes) is 1. The second-order valence-electron chi connectivity index (χ2n) is 5.49. The van der Waals surface area contributed by atoms with Gasteiger partial charge in [-0.05, 0) is 31.0 Å². The second-order valence-corrected chi connectivity index (χ2v) is 5.49. The summed E-state index contributed by atoms with van der Waals surface area (Å²) in [7, 11) is 1.36. The van der Waals surface area contributed by atoms with E-state index < -0.39 is 0 Å². The summed E-state index contributed by atoms with van der Waals surface area (Å²) in [5.41, 5.74) is 2.90. The van der Waals surface area contributed by atoms with Crippen LogP contribution < -0.4 is 0 Å². The standard InChI is InChI=1S/C18H22N2O3/c1-4-5-6-17-19-13(2)16(12-21)20(17)11-14-7-9-15(10-8-14)18(22)23-3/h7-10,12H,4-6,11H2,1-3H3. The minimum absolute atomic E-state index is 0.354. The van der Waals surface area contributed by atoms with Crippen LogP contribution in [0.1, 0.15) is 57.7 Å². The van der Waals surface area contributed by atoms with E-state index in [1.54, 1.807) is 12.1 Å². The second kappa shape index (κ2) is 7.72. The van der Waals surface area contributed by atoms with Gasteiger partial charge in [0, 0.05) is 13.0 Å². The van der Waals surface area contributed by atoms with E-state index in [9.17, 15) is 9.59 Å². The Kier molecular flexibility index (Phi) is 5.68. The van der Waals surface area contributed by atoms with Crippen LogP contribution in [-0.2, 0) is 17.7 Å². The summed E-state index contributed by atoms with van der Waals surface area (Å²) in [5.74, 6) is 0.579. The molecule has 23 heavy (non-hydrogen) atoms. The Balaban J connectivity index is 2.27. The number of aromatic nitrogens is 2. The molecule has 0 saturated heterocycles. The zero-order chi connectivity index (χ0) is 16.8. The molecule has 122 valence electrons. The Morgan fingerprint density at radius 2 is 2.00 bits per heavy atom. The maximum Gasteiger partial charge on any atom is 0.337 e. The van der Waals surface area contributed by atoms with Gasteiger partial charge in [0.25, 0.3) is 0 Å². The summed E-state index contributed by atoms with van der Waals surface area (Å²) in [6, 6.07) is 7.22. The first-order chi connectivity index (χ1) is 11.1. The van der Waals surface area contributed by atoms with Crippen molar-refractivity contribution >= 4 is 12.3 Å². The number of hydrogen-bond donors (Lipinski definition) is 0. The molecule has 1 aromatic carbocycles. The van der Waals surface area contributed by atoms with Gasteiger partial charge in [0.2, 0.25) is 0 Å². The van der Waals surface area contributed by atoms with E-state index in [1.807, 2.05) is 23.6 Å². The fraction of sp³-hybridized carbons (Fsp3) is 0.389. The lowest BCUT2D eigenvalue weighted by Gasteiger charge is -2.10. The molecule has 5 nitrogen and oxygen atoms in total. The molecule has 1 heterocycles. The van der Waals surface area contributed by atoms with Crippen LogP contribution in [0.15, 0.2) is 24.3 Å². The first-order valence-electron chi connectivity index (χ1n) is 7.79. The highest BCUT2D eigenvalue weighted by Crippen LogP contribution is 2.16. The molecule has 0 N–H and O–H groups in total. The van der Waals surface area contributed by atoms with Crippen molar-refractivity contribution in [3.63, 3.8) is 0 Å². The molecule has 0 aliphatic rings. The largest absolute Gasteiger partial charge is 0.465 e. The van der Waals surface area contributed by atoms with Crippen LogP contribution in [0.3, 0.4) is 0 Å². The molecule has 0 saturated carbocycles. The van der Waals surface area contributed by atoms with Crippen molar-refractivity contribution in [3.05, 3.63) is 52.6 Å². The number of aldehydes is 1. The summed E-state index contributed by atoms with van der Waals surface area (Å²) in [4.78, 5) is 27.4. The van der Waals surface area contributed by atoms with Gasteiger partial charge in [-0.15, -0.1) is 0 Å². The molecule has 0 atom stereocenters. The lowest BCUT2D eigenvalue weighted by Crippen LogP contribution is -2.09. The molecular formula is C18H22N2O3. The number of hydrogen-bond acceptors (Lipinski definition) is 4. The maximum absolute atomic E-state index is 11.5. The number of ether oxygens (including phenoxy) is 1. The van der Waals surface area contributed by atoms with E-state index in [-0.39, 0.29) is 5.97 Å². The lowest BCUT2D eigenvalue weighted by atomic mass is 10.1. The Bertz CT molecular complexity index is 687. The zero-order valence-electron chi connectivity index (χ0n) is 13.8. The van der Waals surface area contributed by atoms with Crippen molar-refractivity contribution in [3.8, 4) is 0 Å². The van der Waals surface area contributed by atoms with Gasteiger partial charge >= 0.3 is 5.97 Å². The van der Waals surface area contributed by atoms with Gasteiger partial charge in [-0.1, -0.05) is 25.5 Å². The number of nitrogens with zero attached hydrogens (tertiary/aromatic N) is 2. The third-order valence-corrected chi connectivity index (χ3v) is 3.85. The van der Waals surface area contributed by atoms with E-state index in [4.69, 9.17) is 4.74 Å². The summed E-state index contributed by atoms with van der Waals surface area (Å²) in [6.45, 7) is 4.55. The molecule has 5 heteroatoms.